The average Bonchev–Trinajstić information content (AvgIpc) is 2.34. The van der Waals surface area contributed by atoms with Gasteiger partial charge in [0, 0.05) is 39.6 Å². The molecule has 0 spiro atoms. The molecule has 0 aliphatic carbocycles. The quantitative estimate of drug-likeness (QED) is 0.479. The number of carbonyl (C=O) groups is 2. The van der Waals surface area contributed by atoms with Gasteiger partial charge in [0.2, 0.25) is 5.91 Å². The fraction of sp³-hybridized carbons (Fsp3) is 0.700. The van der Waals surface area contributed by atoms with E-state index in [0.29, 0.717) is 38.2 Å². The zero-order chi connectivity index (χ0) is 12.5. The second kappa shape index (κ2) is 7.75. The number of hydrogen-bond donors (Lipinski definition) is 3. The molecule has 0 fully saturated rings. The molecule has 1 aliphatic heterocycles. The van der Waals surface area contributed by atoms with Gasteiger partial charge in [0.25, 0.3) is 5.91 Å². The lowest BCUT2D eigenvalue weighted by atomic mass is 10.1. The van der Waals surface area contributed by atoms with E-state index in [1.165, 1.54) is 0 Å². The monoisotopic (exact) mass is 242 g/mol. The molecule has 0 aromatic heterocycles. The number of methoxy groups -OCH3 is 1. The number of nitrogens with zero attached hydrogens (tertiary/aromatic N) is 1. The third-order valence-corrected chi connectivity index (χ3v) is 2.24. The first-order valence-electron chi connectivity index (χ1n) is 5.57. The topological polar surface area (TPSA) is 91.8 Å². The van der Waals surface area contributed by atoms with Crippen LogP contribution in [0.4, 0.5) is 0 Å². The van der Waals surface area contributed by atoms with Gasteiger partial charge >= 0.3 is 0 Å². The minimum absolute atomic E-state index is 0.150. The summed E-state index contributed by atoms with van der Waals surface area (Å²) in [5.74, 6) is -0.374. The van der Waals surface area contributed by atoms with Crippen LogP contribution in [0.25, 0.3) is 0 Å². The van der Waals surface area contributed by atoms with Crippen molar-refractivity contribution < 1.29 is 14.3 Å². The number of ether oxygens (including phenoxy) is 1. The highest BCUT2D eigenvalue weighted by molar-refractivity contribution is 6.39. The third kappa shape index (κ3) is 5.41. The maximum absolute atomic E-state index is 11.5. The molecule has 3 N–H and O–H groups in total. The van der Waals surface area contributed by atoms with Crippen LogP contribution >= 0.6 is 0 Å². The smallest absolute Gasteiger partial charge is 0.267 e. The van der Waals surface area contributed by atoms with E-state index in [4.69, 9.17) is 4.74 Å². The molecule has 1 heterocycles. The number of amides is 2. The molecule has 0 radical (unpaired) electrons. The number of rotatable bonds is 7. The number of hydrogen-bond acceptors (Lipinski definition) is 5. The van der Waals surface area contributed by atoms with Gasteiger partial charge in [0.15, 0.2) is 0 Å². The van der Waals surface area contributed by atoms with Crippen molar-refractivity contribution in [1.29, 1.82) is 0 Å². The molecule has 17 heavy (non-hydrogen) atoms. The lowest BCUT2D eigenvalue weighted by molar-refractivity contribution is -0.121. The van der Waals surface area contributed by atoms with Crippen molar-refractivity contribution in [2.75, 3.05) is 33.4 Å². The van der Waals surface area contributed by atoms with Gasteiger partial charge in [-0.05, 0) is 0 Å². The molecule has 1 rings (SSSR count). The highest BCUT2D eigenvalue weighted by Gasteiger charge is 2.17. The van der Waals surface area contributed by atoms with Crippen LogP contribution < -0.4 is 16.1 Å². The molecule has 1 aliphatic rings. The second-order valence-electron chi connectivity index (χ2n) is 3.59. The van der Waals surface area contributed by atoms with Crippen molar-refractivity contribution in [1.82, 2.24) is 16.1 Å². The van der Waals surface area contributed by atoms with Crippen molar-refractivity contribution >= 4 is 17.5 Å². The van der Waals surface area contributed by atoms with Gasteiger partial charge in [-0.25, -0.2) is 5.43 Å². The second-order valence-corrected chi connectivity index (χ2v) is 3.59. The van der Waals surface area contributed by atoms with Gasteiger partial charge in [0.1, 0.15) is 5.71 Å². The summed E-state index contributed by atoms with van der Waals surface area (Å²) in [5.41, 5.74) is 2.66. The Hall–Kier alpha value is -1.47. The molecular weight excluding hydrogens is 224 g/mol. The first-order valence-corrected chi connectivity index (χ1v) is 5.57. The Labute approximate surface area is 100.0 Å². The van der Waals surface area contributed by atoms with E-state index in [1.54, 1.807) is 7.11 Å². The predicted octanol–water partition coefficient (Wildman–Crippen LogP) is -1.40. The highest BCUT2D eigenvalue weighted by atomic mass is 16.5. The maximum atomic E-state index is 11.5. The fourth-order valence-electron chi connectivity index (χ4n) is 1.30. The number of nitrogens with one attached hydrogen (secondary N) is 3. The lowest BCUT2D eigenvalue weighted by Crippen LogP contribution is -2.39. The molecule has 2 amide bonds. The van der Waals surface area contributed by atoms with Crippen molar-refractivity contribution in [3.05, 3.63) is 0 Å². The predicted molar refractivity (Wildman–Crippen MR) is 62.6 cm³/mol. The fourth-order valence-corrected chi connectivity index (χ4v) is 1.30. The Morgan fingerprint density at radius 2 is 2.24 bits per heavy atom. The van der Waals surface area contributed by atoms with E-state index in [9.17, 15) is 9.59 Å². The van der Waals surface area contributed by atoms with Gasteiger partial charge in [0.05, 0.1) is 6.61 Å². The summed E-state index contributed by atoms with van der Waals surface area (Å²) in [4.78, 5) is 22.4. The third-order valence-electron chi connectivity index (χ3n) is 2.24. The Morgan fingerprint density at radius 3 is 2.88 bits per heavy atom. The largest absolute Gasteiger partial charge is 0.383 e. The van der Waals surface area contributed by atoms with Crippen molar-refractivity contribution in [3.63, 3.8) is 0 Å². The summed E-state index contributed by atoms with van der Waals surface area (Å²) in [6.07, 6.45) is 0.715. The average molecular weight is 242 g/mol. The van der Waals surface area contributed by atoms with Gasteiger partial charge in [-0.2, -0.15) is 5.10 Å². The standard InChI is InChI=1S/C10H18N4O3/c1-17-7-6-11-4-5-12-10(16)8-2-3-9(15)14-13-8/h11H,2-7H2,1H3,(H,12,16)(H,14,15). The molecule has 0 unspecified atom stereocenters. The van der Waals surface area contributed by atoms with Gasteiger partial charge in [-0.3, -0.25) is 9.59 Å². The van der Waals surface area contributed by atoms with Crippen LogP contribution in [-0.2, 0) is 14.3 Å². The summed E-state index contributed by atoms with van der Waals surface area (Å²) >= 11 is 0. The Morgan fingerprint density at radius 1 is 1.41 bits per heavy atom. The molecule has 0 saturated heterocycles. The molecule has 0 bridgehead atoms. The summed E-state index contributed by atoms with van der Waals surface area (Å²) in [7, 11) is 1.64. The van der Waals surface area contributed by atoms with Gasteiger partial charge in [-0.15, -0.1) is 0 Å². The van der Waals surface area contributed by atoms with E-state index in [-0.39, 0.29) is 11.8 Å². The van der Waals surface area contributed by atoms with Crippen LogP contribution in [0.2, 0.25) is 0 Å². The minimum atomic E-state index is -0.224. The number of carbonyl (C=O) groups excluding carboxylic acids is 2. The van der Waals surface area contributed by atoms with E-state index in [1.807, 2.05) is 0 Å². The van der Waals surface area contributed by atoms with E-state index in [2.05, 4.69) is 21.2 Å². The SMILES string of the molecule is COCCNCCNC(=O)C1=NNC(=O)CC1. The maximum Gasteiger partial charge on any atom is 0.267 e. The highest BCUT2D eigenvalue weighted by Crippen LogP contribution is 1.98. The van der Waals surface area contributed by atoms with Gasteiger partial charge < -0.3 is 15.4 Å². The van der Waals surface area contributed by atoms with E-state index >= 15 is 0 Å². The molecular formula is C10H18N4O3. The first-order chi connectivity index (χ1) is 8.24. The van der Waals surface area contributed by atoms with Crippen LogP contribution in [0.15, 0.2) is 5.10 Å². The molecule has 7 heteroatoms. The first kappa shape index (κ1) is 13.6. The normalized spacial score (nSPS) is 15.1. The molecule has 0 aromatic rings. The van der Waals surface area contributed by atoms with E-state index < -0.39 is 0 Å². The van der Waals surface area contributed by atoms with Gasteiger partial charge in [-0.1, -0.05) is 0 Å². The minimum Gasteiger partial charge on any atom is -0.383 e. The molecule has 0 atom stereocenters. The number of hydrazone groups is 1. The molecule has 7 nitrogen and oxygen atoms in total. The van der Waals surface area contributed by atoms with Crippen LogP contribution in [0, 0.1) is 0 Å². The summed E-state index contributed by atoms with van der Waals surface area (Å²) < 4.78 is 4.87. The van der Waals surface area contributed by atoms with Crippen molar-refractivity contribution in [2.24, 2.45) is 5.10 Å². The Balaban J connectivity index is 2.11. The lowest BCUT2D eigenvalue weighted by Gasteiger charge is -2.12. The zero-order valence-corrected chi connectivity index (χ0v) is 9.91. The van der Waals surface area contributed by atoms with Crippen LogP contribution in [0.1, 0.15) is 12.8 Å². The molecule has 0 aromatic carbocycles. The molecule has 0 saturated carbocycles. The Kier molecular flexibility index (Phi) is 6.19. The van der Waals surface area contributed by atoms with Crippen LogP contribution in [0.3, 0.4) is 0 Å². The van der Waals surface area contributed by atoms with E-state index in [0.717, 1.165) is 6.54 Å². The summed E-state index contributed by atoms with van der Waals surface area (Å²) in [5, 5.41) is 9.53. The zero-order valence-electron chi connectivity index (χ0n) is 9.91. The van der Waals surface area contributed by atoms with Crippen LogP contribution in [0.5, 0.6) is 0 Å². The van der Waals surface area contributed by atoms with Crippen LogP contribution in [-0.4, -0.2) is 50.9 Å². The summed E-state index contributed by atoms with van der Waals surface area (Å²) in [6, 6.07) is 0. The van der Waals surface area contributed by atoms with Crippen molar-refractivity contribution in [3.8, 4) is 0 Å². The summed E-state index contributed by atoms with van der Waals surface area (Å²) in [6.45, 7) is 2.60. The molecule has 96 valence electrons. The Bertz CT molecular complexity index is 304. The van der Waals surface area contributed by atoms with Crippen molar-refractivity contribution in [2.45, 2.75) is 12.8 Å².